The number of nitrogens with zero attached hydrogens (tertiary/aromatic N) is 1. The lowest BCUT2D eigenvalue weighted by molar-refractivity contribution is -0.640. The lowest BCUT2D eigenvalue weighted by Gasteiger charge is -2.46. The molecule has 206 valence electrons. The lowest BCUT2D eigenvalue weighted by Crippen LogP contribution is -3.00. The fourth-order valence-corrected chi connectivity index (χ4v) is 8.17. The molecule has 38 heavy (non-hydrogen) atoms. The molecule has 2 saturated heterocycles. The Labute approximate surface area is 234 Å². The molecule has 1 unspecified atom stereocenters. The van der Waals surface area contributed by atoms with Gasteiger partial charge in [0.15, 0.2) is 11.5 Å². The number of quaternary nitrogens is 1. The van der Waals surface area contributed by atoms with Crippen molar-refractivity contribution in [3.05, 3.63) is 59.7 Å². The van der Waals surface area contributed by atoms with Gasteiger partial charge in [-0.3, -0.25) is 4.79 Å². The summed E-state index contributed by atoms with van der Waals surface area (Å²) in [5, 5.41) is 2.38. The third-order valence-electron chi connectivity index (χ3n) is 10.0. The topological polar surface area (TPSA) is 55.4 Å². The van der Waals surface area contributed by atoms with Gasteiger partial charge in [-0.05, 0) is 62.0 Å². The SMILES string of the molecule is COc1cccc2c1OCCC[C@]21C[NH2+]CC1C(=O)N1CC[C@@H](c2ccccc2)C[C@H]1C1CCCCC1.[Cl-]. The third-order valence-corrected chi connectivity index (χ3v) is 10.0. The molecule has 1 aliphatic carbocycles. The fraction of sp³-hybridized carbons (Fsp3) is 0.594. The minimum absolute atomic E-state index is 0. The minimum Gasteiger partial charge on any atom is -1.00 e. The zero-order chi connectivity index (χ0) is 25.2. The van der Waals surface area contributed by atoms with Crippen LogP contribution in [0.5, 0.6) is 11.5 Å². The molecule has 4 aliphatic rings. The van der Waals surface area contributed by atoms with Crippen molar-refractivity contribution in [2.45, 2.75) is 75.2 Å². The molecule has 5 nitrogen and oxygen atoms in total. The van der Waals surface area contributed by atoms with E-state index < -0.39 is 0 Å². The normalized spacial score (nSPS) is 29.6. The van der Waals surface area contributed by atoms with Crippen LogP contribution in [-0.4, -0.2) is 50.2 Å². The molecule has 3 aliphatic heterocycles. The molecule has 1 spiro atoms. The Hall–Kier alpha value is -2.24. The number of hydrogen-bond acceptors (Lipinski definition) is 3. The highest BCUT2D eigenvalue weighted by atomic mass is 35.5. The van der Waals surface area contributed by atoms with Gasteiger partial charge in [-0.1, -0.05) is 61.7 Å². The lowest BCUT2D eigenvalue weighted by atomic mass is 9.68. The molecule has 1 amide bonds. The number of ether oxygens (including phenoxy) is 2. The predicted molar refractivity (Wildman–Crippen MR) is 145 cm³/mol. The van der Waals surface area contributed by atoms with Gasteiger partial charge in [-0.25, -0.2) is 0 Å². The van der Waals surface area contributed by atoms with Crippen molar-refractivity contribution < 1.29 is 32.0 Å². The first kappa shape index (κ1) is 27.3. The quantitative estimate of drug-likeness (QED) is 0.644. The van der Waals surface area contributed by atoms with E-state index in [2.05, 4.69) is 52.7 Å². The van der Waals surface area contributed by atoms with E-state index >= 15 is 0 Å². The standard InChI is InChI=1S/C32H42N2O3.ClH/c1-36-29-15-8-14-26-30(29)37-19-9-17-32(26)22-33-21-27(32)31(35)34-18-16-25(23-10-4-2-5-11-23)20-28(34)24-12-6-3-7-13-24;/h2,4-5,8,10-11,14-15,24-25,27-28,33H,3,6-7,9,12-13,16-22H2,1H3;1H/t25-,27?,28+,32+;/m1./s1. The number of rotatable bonds is 4. The summed E-state index contributed by atoms with van der Waals surface area (Å²) in [5.41, 5.74) is 2.44. The largest absolute Gasteiger partial charge is 1.00 e. The van der Waals surface area contributed by atoms with Crippen molar-refractivity contribution in [2.24, 2.45) is 11.8 Å². The first-order valence-electron chi connectivity index (χ1n) is 14.7. The van der Waals surface area contributed by atoms with Gasteiger partial charge >= 0.3 is 0 Å². The number of nitrogens with two attached hydrogens (primary N) is 1. The maximum atomic E-state index is 14.7. The van der Waals surface area contributed by atoms with Gasteiger partial charge in [-0.2, -0.15) is 0 Å². The Bertz CT molecular complexity index is 1090. The molecule has 2 N–H and O–H groups in total. The summed E-state index contributed by atoms with van der Waals surface area (Å²) in [6.07, 6.45) is 10.6. The summed E-state index contributed by atoms with van der Waals surface area (Å²) in [6, 6.07) is 17.6. The summed E-state index contributed by atoms with van der Waals surface area (Å²) >= 11 is 0. The highest BCUT2D eigenvalue weighted by Gasteiger charge is 2.55. The van der Waals surface area contributed by atoms with E-state index in [1.54, 1.807) is 7.11 Å². The van der Waals surface area contributed by atoms with Gasteiger partial charge in [0.2, 0.25) is 5.91 Å². The van der Waals surface area contributed by atoms with Gasteiger partial charge in [-0.15, -0.1) is 0 Å². The van der Waals surface area contributed by atoms with E-state index in [-0.39, 0.29) is 23.7 Å². The first-order valence-corrected chi connectivity index (χ1v) is 14.7. The number of halogens is 1. The second-order valence-corrected chi connectivity index (χ2v) is 11.9. The van der Waals surface area contributed by atoms with Crippen LogP contribution in [0, 0.1) is 11.8 Å². The molecule has 1 saturated carbocycles. The van der Waals surface area contributed by atoms with Crippen LogP contribution >= 0.6 is 0 Å². The fourth-order valence-electron chi connectivity index (χ4n) is 8.17. The number of likely N-dealkylation sites (tertiary alicyclic amines) is 1. The first-order chi connectivity index (χ1) is 18.2. The molecule has 0 aromatic heterocycles. The monoisotopic (exact) mass is 538 g/mol. The molecular formula is C32H43ClN2O3. The number of carbonyl (C=O) groups excluding carboxylic acids is 1. The zero-order valence-corrected chi connectivity index (χ0v) is 23.5. The van der Waals surface area contributed by atoms with E-state index in [0.717, 1.165) is 56.8 Å². The Morgan fingerprint density at radius 1 is 1.03 bits per heavy atom. The average Bonchev–Trinajstić information content (AvgIpc) is 3.30. The number of para-hydroxylation sites is 1. The number of fused-ring (bicyclic) bond motifs is 2. The Morgan fingerprint density at radius 3 is 2.63 bits per heavy atom. The molecule has 0 bridgehead atoms. The van der Waals surface area contributed by atoms with E-state index in [9.17, 15) is 4.79 Å². The number of amides is 1. The van der Waals surface area contributed by atoms with E-state index in [1.807, 2.05) is 6.07 Å². The molecule has 2 aromatic carbocycles. The summed E-state index contributed by atoms with van der Waals surface area (Å²) in [7, 11) is 1.71. The second kappa shape index (κ2) is 11.9. The second-order valence-electron chi connectivity index (χ2n) is 11.9. The molecule has 4 atom stereocenters. The minimum atomic E-state index is -0.190. The molecule has 6 rings (SSSR count). The maximum Gasteiger partial charge on any atom is 0.232 e. The van der Waals surface area contributed by atoms with Gasteiger partial charge in [0.25, 0.3) is 0 Å². The predicted octanol–water partition coefficient (Wildman–Crippen LogP) is 1.66. The summed E-state index contributed by atoms with van der Waals surface area (Å²) in [6.45, 7) is 3.38. The van der Waals surface area contributed by atoms with Crippen molar-refractivity contribution in [3.8, 4) is 11.5 Å². The van der Waals surface area contributed by atoms with Gasteiger partial charge < -0.3 is 32.1 Å². The van der Waals surface area contributed by atoms with Crippen molar-refractivity contribution in [3.63, 3.8) is 0 Å². The van der Waals surface area contributed by atoms with Crippen molar-refractivity contribution in [1.82, 2.24) is 4.90 Å². The highest BCUT2D eigenvalue weighted by Crippen LogP contribution is 2.49. The van der Waals surface area contributed by atoms with Crippen LogP contribution in [0.4, 0.5) is 0 Å². The van der Waals surface area contributed by atoms with Crippen LogP contribution < -0.4 is 27.2 Å². The molecule has 0 radical (unpaired) electrons. The molecular weight excluding hydrogens is 496 g/mol. The van der Waals surface area contributed by atoms with Crippen LogP contribution in [0.3, 0.4) is 0 Å². The number of piperidine rings is 1. The average molecular weight is 539 g/mol. The van der Waals surface area contributed by atoms with Crippen molar-refractivity contribution in [2.75, 3.05) is 33.4 Å². The molecule has 3 heterocycles. The van der Waals surface area contributed by atoms with Gasteiger partial charge in [0, 0.05) is 18.2 Å². The van der Waals surface area contributed by atoms with Crippen LogP contribution in [0.2, 0.25) is 0 Å². The highest BCUT2D eigenvalue weighted by molar-refractivity contribution is 5.82. The Kier molecular flexibility index (Phi) is 8.54. The number of hydrogen-bond donors (Lipinski definition) is 1. The van der Waals surface area contributed by atoms with Crippen LogP contribution in [-0.2, 0) is 10.2 Å². The van der Waals surface area contributed by atoms with Crippen LogP contribution in [0.1, 0.15) is 74.8 Å². The van der Waals surface area contributed by atoms with Gasteiger partial charge in [0.05, 0.1) is 32.2 Å². The summed E-state index contributed by atoms with van der Waals surface area (Å²) in [5.74, 6) is 3.22. The van der Waals surface area contributed by atoms with Crippen molar-refractivity contribution in [1.29, 1.82) is 0 Å². The van der Waals surface area contributed by atoms with Gasteiger partial charge in [0.1, 0.15) is 5.92 Å². The zero-order valence-electron chi connectivity index (χ0n) is 22.7. The van der Waals surface area contributed by atoms with E-state index in [4.69, 9.17) is 9.47 Å². The van der Waals surface area contributed by atoms with E-state index in [1.165, 1.54) is 43.2 Å². The maximum absolute atomic E-state index is 14.7. The Morgan fingerprint density at radius 2 is 1.84 bits per heavy atom. The number of methoxy groups -OCH3 is 1. The van der Waals surface area contributed by atoms with Crippen LogP contribution in [0.25, 0.3) is 0 Å². The molecule has 2 aromatic rings. The third kappa shape index (κ3) is 4.93. The van der Waals surface area contributed by atoms with Crippen molar-refractivity contribution >= 4 is 5.91 Å². The Balaban J connectivity index is 0.00000294. The van der Waals surface area contributed by atoms with Crippen LogP contribution in [0.15, 0.2) is 48.5 Å². The molecule has 3 fully saturated rings. The molecule has 6 heteroatoms. The number of carbonyl (C=O) groups is 1. The summed E-state index contributed by atoms with van der Waals surface area (Å²) < 4.78 is 11.9. The van der Waals surface area contributed by atoms with E-state index in [0.29, 0.717) is 30.4 Å². The smallest absolute Gasteiger partial charge is 0.232 e. The number of benzene rings is 2. The summed E-state index contributed by atoms with van der Waals surface area (Å²) in [4.78, 5) is 17.0.